The molecule has 0 nitrogen and oxygen atoms in total. The van der Waals surface area contributed by atoms with E-state index >= 15 is 0 Å². The van der Waals surface area contributed by atoms with Gasteiger partial charge in [0.2, 0.25) is 0 Å². The summed E-state index contributed by atoms with van der Waals surface area (Å²) in [5.74, 6) is 0. The molecule has 0 bridgehead atoms. The molecule has 0 amide bonds. The van der Waals surface area contributed by atoms with Crippen molar-refractivity contribution in [2.45, 2.75) is 48.1 Å². The van der Waals surface area contributed by atoms with Gasteiger partial charge in [0.05, 0.1) is 0 Å². The van der Waals surface area contributed by atoms with Gasteiger partial charge in [0, 0.05) is 0 Å². The van der Waals surface area contributed by atoms with Crippen molar-refractivity contribution in [1.82, 2.24) is 0 Å². The third-order valence-corrected chi connectivity index (χ3v) is 44.0. The molecule has 0 atom stereocenters. The minimum Gasteiger partial charge on any atom is -0.110 e. The van der Waals surface area contributed by atoms with Crippen molar-refractivity contribution in [2.75, 3.05) is 37.0 Å². The lowest BCUT2D eigenvalue weighted by Gasteiger charge is -2.47. The molecule has 0 aliphatic rings. The number of hydrogen-bond donors (Lipinski definition) is 0. The van der Waals surface area contributed by atoms with E-state index in [0.717, 1.165) is 0 Å². The second-order valence-corrected chi connectivity index (χ2v) is 30.4. The first kappa shape index (κ1) is 18.5. The van der Waals surface area contributed by atoms with Crippen molar-refractivity contribution in [3.05, 3.63) is 0 Å². The van der Waals surface area contributed by atoms with Gasteiger partial charge in [0.15, 0.2) is 0 Å². The van der Waals surface area contributed by atoms with Gasteiger partial charge in [-0.1, -0.05) is 48.1 Å². The lowest BCUT2D eigenvalue weighted by Crippen LogP contribution is -2.30. The zero-order chi connectivity index (χ0) is 13.5. The first-order valence-electron chi connectivity index (χ1n) is 7.31. The van der Waals surface area contributed by atoms with E-state index in [1.54, 1.807) is 0 Å². The van der Waals surface area contributed by atoms with Crippen LogP contribution in [0.3, 0.4) is 0 Å². The summed E-state index contributed by atoms with van der Waals surface area (Å²) in [6.45, 7) is 17.6. The molecule has 0 fully saturated rings. The van der Waals surface area contributed by atoms with E-state index < -0.39 is 7.08 Å². The van der Waals surface area contributed by atoms with Crippen LogP contribution in [-0.4, -0.2) is 44.0 Å². The van der Waals surface area contributed by atoms with Gasteiger partial charge in [-0.2, -0.15) is 0 Å². The molecule has 0 aliphatic carbocycles. The average Bonchev–Trinajstić information content (AvgIpc) is 2.33. The lowest BCUT2D eigenvalue weighted by atomic mass is 11.0. The Morgan fingerprint density at radius 3 is 0.824 bits per heavy atom. The van der Waals surface area contributed by atoms with Gasteiger partial charge in [0.1, 0.15) is 7.08 Å². The highest BCUT2D eigenvalue weighted by molar-refractivity contribution is 8.47. The normalized spacial score (nSPS) is 13.1. The van der Waals surface area contributed by atoms with Crippen LogP contribution in [0.2, 0.25) is 6.55 Å². The van der Waals surface area contributed by atoms with Gasteiger partial charge in [-0.25, -0.2) is 0 Å². The predicted octanol–water partition coefficient (Wildman–Crippen LogP) is 6.12. The Labute approximate surface area is 115 Å². The first-order valence-corrected chi connectivity index (χ1v) is 17.5. The topological polar surface area (TPSA) is 0 Å². The standard InChI is InChI=1S/C13H33P3Si/c1-8-14(9-2)17(7,15(10-3)11-4)16(12-5)13-6/h8-13H2,1-7H3. The Bertz CT molecular complexity index is 156. The highest BCUT2D eigenvalue weighted by Gasteiger charge is 2.44. The second kappa shape index (κ2) is 9.42. The minimum atomic E-state index is -0.943. The maximum absolute atomic E-state index is 2.82. The highest BCUT2D eigenvalue weighted by Crippen LogP contribution is 2.75. The van der Waals surface area contributed by atoms with Gasteiger partial charge in [0.25, 0.3) is 0 Å². The molecule has 0 aromatic heterocycles. The van der Waals surface area contributed by atoms with Crippen LogP contribution in [0, 0.1) is 0 Å². The van der Waals surface area contributed by atoms with Crippen LogP contribution >= 0.6 is 22.4 Å². The van der Waals surface area contributed by atoms with Crippen molar-refractivity contribution in [1.29, 1.82) is 0 Å². The van der Waals surface area contributed by atoms with Crippen molar-refractivity contribution in [3.8, 4) is 0 Å². The van der Waals surface area contributed by atoms with Crippen LogP contribution in [0.4, 0.5) is 0 Å². The van der Waals surface area contributed by atoms with E-state index in [0.29, 0.717) is 22.4 Å². The summed E-state index contributed by atoms with van der Waals surface area (Å²) >= 11 is 0. The first-order chi connectivity index (χ1) is 8.06. The largest absolute Gasteiger partial charge is 0.131 e. The molecular weight excluding hydrogens is 277 g/mol. The molecule has 0 spiro atoms. The summed E-state index contributed by atoms with van der Waals surface area (Å²) < 4.78 is 0. The fraction of sp³-hybridized carbons (Fsp3) is 1.00. The molecule has 0 radical (unpaired) electrons. The molecule has 0 rings (SSSR count). The minimum absolute atomic E-state index is 0.393. The average molecular weight is 310 g/mol. The number of rotatable bonds is 9. The zero-order valence-electron chi connectivity index (χ0n) is 13.1. The molecule has 0 saturated heterocycles. The molecule has 0 aromatic rings. The van der Waals surface area contributed by atoms with E-state index in [2.05, 4.69) is 48.1 Å². The predicted molar refractivity (Wildman–Crippen MR) is 95.6 cm³/mol. The molecule has 0 N–H and O–H groups in total. The van der Waals surface area contributed by atoms with E-state index in [4.69, 9.17) is 0 Å². The summed E-state index contributed by atoms with van der Waals surface area (Å²) in [7, 11) is 0.235. The van der Waals surface area contributed by atoms with Gasteiger partial charge in [-0.3, -0.25) is 0 Å². The van der Waals surface area contributed by atoms with E-state index in [1.807, 2.05) is 0 Å². The SMILES string of the molecule is CCP(CC)[Si](C)(P(CC)CC)P(CC)CC. The van der Waals surface area contributed by atoms with Crippen LogP contribution < -0.4 is 0 Å². The van der Waals surface area contributed by atoms with Gasteiger partial charge < -0.3 is 0 Å². The lowest BCUT2D eigenvalue weighted by molar-refractivity contribution is 1.41. The third kappa shape index (κ3) is 4.24. The molecule has 104 valence electrons. The molecule has 0 unspecified atom stereocenters. The van der Waals surface area contributed by atoms with Crippen molar-refractivity contribution in [3.63, 3.8) is 0 Å². The quantitative estimate of drug-likeness (QED) is 0.355. The fourth-order valence-corrected chi connectivity index (χ4v) is 49.7. The highest BCUT2D eigenvalue weighted by atomic mass is 31.9. The summed E-state index contributed by atoms with van der Waals surface area (Å²) in [4.78, 5) is 0. The Kier molecular flexibility index (Phi) is 10.3. The summed E-state index contributed by atoms with van der Waals surface area (Å²) in [6.07, 6.45) is 9.04. The maximum Gasteiger partial charge on any atom is 0.131 e. The van der Waals surface area contributed by atoms with Crippen LogP contribution in [0.5, 0.6) is 0 Å². The summed E-state index contributed by atoms with van der Waals surface area (Å²) in [5, 5.41) is 0. The Balaban J connectivity index is 5.29. The molecule has 0 aromatic carbocycles. The summed E-state index contributed by atoms with van der Waals surface area (Å²) in [6, 6.07) is 0. The molecule has 0 saturated carbocycles. The van der Waals surface area contributed by atoms with Crippen LogP contribution in [0.15, 0.2) is 0 Å². The van der Waals surface area contributed by atoms with Crippen molar-refractivity contribution < 1.29 is 0 Å². The van der Waals surface area contributed by atoms with E-state index in [1.165, 1.54) is 37.0 Å². The van der Waals surface area contributed by atoms with Crippen LogP contribution in [-0.2, 0) is 0 Å². The van der Waals surface area contributed by atoms with Gasteiger partial charge in [-0.15, -0.1) is 22.4 Å². The van der Waals surface area contributed by atoms with Crippen molar-refractivity contribution >= 4 is 29.5 Å². The molecule has 4 heteroatoms. The summed E-state index contributed by atoms with van der Waals surface area (Å²) in [5.41, 5.74) is 0. The fourth-order valence-electron chi connectivity index (χ4n) is 3.07. The van der Waals surface area contributed by atoms with Gasteiger partial charge in [-0.05, 0) is 37.0 Å². The Morgan fingerprint density at radius 2 is 0.706 bits per heavy atom. The monoisotopic (exact) mass is 310 g/mol. The number of hydrogen-bond acceptors (Lipinski definition) is 0. The van der Waals surface area contributed by atoms with Crippen LogP contribution in [0.25, 0.3) is 0 Å². The van der Waals surface area contributed by atoms with Crippen molar-refractivity contribution in [2.24, 2.45) is 0 Å². The third-order valence-electron chi connectivity index (χ3n) is 4.09. The van der Waals surface area contributed by atoms with E-state index in [-0.39, 0.29) is 0 Å². The Hall–Kier alpha value is 1.51. The zero-order valence-corrected chi connectivity index (χ0v) is 16.8. The molecule has 0 aliphatic heterocycles. The smallest absolute Gasteiger partial charge is 0.110 e. The maximum atomic E-state index is 2.82. The molecule has 17 heavy (non-hydrogen) atoms. The second-order valence-electron chi connectivity index (χ2n) is 4.49. The molecular formula is C13H33P3Si. The van der Waals surface area contributed by atoms with Crippen LogP contribution in [0.1, 0.15) is 41.5 Å². The molecule has 0 heterocycles. The Morgan fingerprint density at radius 1 is 0.529 bits per heavy atom. The van der Waals surface area contributed by atoms with E-state index in [9.17, 15) is 0 Å². The van der Waals surface area contributed by atoms with Gasteiger partial charge >= 0.3 is 0 Å².